The van der Waals surface area contributed by atoms with Crippen LogP contribution in [0.1, 0.15) is 77.6 Å². The van der Waals surface area contributed by atoms with Gasteiger partial charge in [-0.25, -0.2) is 0 Å². The molecule has 0 N–H and O–H groups in total. The van der Waals surface area contributed by atoms with E-state index in [0.717, 1.165) is 6.61 Å². The zero-order valence-electron chi connectivity index (χ0n) is 14.7. The highest BCUT2D eigenvalue weighted by molar-refractivity contribution is 8.18. The summed E-state index contributed by atoms with van der Waals surface area (Å²) in [5.41, 5.74) is 0. The lowest BCUT2D eigenvalue weighted by molar-refractivity contribution is -0.0315. The van der Waals surface area contributed by atoms with Crippen molar-refractivity contribution in [3.63, 3.8) is 0 Å². The monoisotopic (exact) mass is 348 g/mol. The highest BCUT2D eigenvalue weighted by Gasteiger charge is 2.31. The molecule has 1 heterocycles. The molecule has 0 aromatic heterocycles. The molecule has 0 unspecified atom stereocenters. The van der Waals surface area contributed by atoms with Gasteiger partial charge in [0, 0.05) is 13.7 Å². The fourth-order valence-corrected chi connectivity index (χ4v) is 6.65. The average molecular weight is 349 g/mol. The predicted molar refractivity (Wildman–Crippen MR) is 102 cm³/mol. The normalized spacial score (nSPS) is 17.7. The van der Waals surface area contributed by atoms with E-state index in [0.29, 0.717) is 10.9 Å². The number of hydrogen-bond acceptors (Lipinski definition) is 4. The van der Waals surface area contributed by atoms with Crippen molar-refractivity contribution in [1.82, 2.24) is 0 Å². The van der Waals surface area contributed by atoms with E-state index in [4.69, 9.17) is 9.47 Å². The van der Waals surface area contributed by atoms with Crippen LogP contribution in [0.4, 0.5) is 0 Å². The first kappa shape index (κ1) is 20.7. The number of methoxy groups -OCH3 is 1. The maximum atomic E-state index is 5.30. The van der Waals surface area contributed by atoms with Gasteiger partial charge in [0.2, 0.25) is 0 Å². The first-order valence-electron chi connectivity index (χ1n) is 9.17. The summed E-state index contributed by atoms with van der Waals surface area (Å²) in [5, 5.41) is 0. The van der Waals surface area contributed by atoms with E-state index in [-0.39, 0.29) is 0 Å². The molecule has 2 nitrogen and oxygen atoms in total. The van der Waals surface area contributed by atoms with E-state index in [9.17, 15) is 0 Å². The molecule has 0 amide bonds. The third kappa shape index (κ3) is 9.69. The maximum absolute atomic E-state index is 5.30. The molecule has 1 aliphatic rings. The SMILES string of the molecule is CCCC1(CCCCCCCCCOCOC)SCCCS1. The van der Waals surface area contributed by atoms with Crippen molar-refractivity contribution < 1.29 is 9.47 Å². The Labute approximate surface area is 146 Å². The molecule has 1 rings (SSSR count). The second-order valence-corrected chi connectivity index (χ2v) is 9.47. The van der Waals surface area contributed by atoms with Crippen LogP contribution >= 0.6 is 23.5 Å². The second-order valence-electron chi connectivity index (χ2n) is 6.25. The van der Waals surface area contributed by atoms with E-state index in [1.54, 1.807) is 7.11 Å². The van der Waals surface area contributed by atoms with Gasteiger partial charge in [-0.05, 0) is 37.2 Å². The van der Waals surface area contributed by atoms with E-state index < -0.39 is 0 Å². The number of hydrogen-bond donors (Lipinski definition) is 0. The minimum Gasteiger partial charge on any atom is -0.359 e. The molecule has 1 saturated heterocycles. The van der Waals surface area contributed by atoms with Crippen molar-refractivity contribution in [2.45, 2.75) is 81.6 Å². The Morgan fingerprint density at radius 2 is 1.50 bits per heavy atom. The lowest BCUT2D eigenvalue weighted by Gasteiger charge is -2.36. The third-order valence-electron chi connectivity index (χ3n) is 4.20. The van der Waals surface area contributed by atoms with Gasteiger partial charge in [-0.1, -0.05) is 51.9 Å². The minimum atomic E-state index is 0.440. The molecule has 1 fully saturated rings. The standard InChI is InChI=1S/C18H36O2S2/c1-3-12-18(21-15-11-16-22-18)13-9-7-5-4-6-8-10-14-20-17-19-2/h3-17H2,1-2H3. The molecule has 0 saturated carbocycles. The van der Waals surface area contributed by atoms with Gasteiger partial charge in [0.05, 0.1) is 4.08 Å². The number of ether oxygens (including phenoxy) is 2. The Balaban J connectivity index is 1.93. The Kier molecular flexibility index (Phi) is 13.2. The largest absolute Gasteiger partial charge is 0.359 e. The molecular formula is C18H36O2S2. The molecule has 0 bridgehead atoms. The van der Waals surface area contributed by atoms with Crippen molar-refractivity contribution in [2.75, 3.05) is 32.0 Å². The van der Waals surface area contributed by atoms with E-state index in [2.05, 4.69) is 30.4 Å². The Bertz CT molecular complexity index is 238. The zero-order chi connectivity index (χ0) is 15.9. The van der Waals surface area contributed by atoms with Crippen molar-refractivity contribution in [2.24, 2.45) is 0 Å². The zero-order valence-corrected chi connectivity index (χ0v) is 16.4. The minimum absolute atomic E-state index is 0.440. The molecule has 0 aromatic rings. The van der Waals surface area contributed by atoms with Crippen LogP contribution in [-0.4, -0.2) is 36.1 Å². The smallest absolute Gasteiger partial charge is 0.146 e. The quantitative estimate of drug-likeness (QED) is 0.279. The van der Waals surface area contributed by atoms with Crippen molar-refractivity contribution >= 4 is 23.5 Å². The molecule has 0 aliphatic carbocycles. The Hall–Kier alpha value is 0.620. The number of rotatable bonds is 14. The van der Waals surface area contributed by atoms with Gasteiger partial charge in [0.1, 0.15) is 6.79 Å². The predicted octanol–water partition coefficient (Wildman–Crippen LogP) is 6.09. The first-order valence-corrected chi connectivity index (χ1v) is 11.1. The molecule has 0 atom stereocenters. The van der Waals surface area contributed by atoms with Crippen LogP contribution in [0.3, 0.4) is 0 Å². The topological polar surface area (TPSA) is 18.5 Å². The van der Waals surface area contributed by atoms with Gasteiger partial charge in [-0.15, -0.1) is 23.5 Å². The summed E-state index contributed by atoms with van der Waals surface area (Å²) in [7, 11) is 1.68. The summed E-state index contributed by atoms with van der Waals surface area (Å²) in [4.78, 5) is 0. The van der Waals surface area contributed by atoms with Crippen molar-refractivity contribution in [1.29, 1.82) is 0 Å². The maximum Gasteiger partial charge on any atom is 0.146 e. The fraction of sp³-hybridized carbons (Fsp3) is 1.00. The first-order chi connectivity index (χ1) is 10.8. The van der Waals surface area contributed by atoms with Gasteiger partial charge in [-0.3, -0.25) is 0 Å². The van der Waals surface area contributed by atoms with Crippen LogP contribution in [0.15, 0.2) is 0 Å². The summed E-state index contributed by atoms with van der Waals surface area (Å²) in [5.74, 6) is 2.77. The summed E-state index contributed by atoms with van der Waals surface area (Å²) in [6.07, 6.45) is 15.1. The molecule has 0 spiro atoms. The summed E-state index contributed by atoms with van der Waals surface area (Å²) < 4.78 is 10.7. The molecule has 1 aliphatic heterocycles. The molecule has 0 radical (unpaired) electrons. The highest BCUT2D eigenvalue weighted by Crippen LogP contribution is 2.48. The Morgan fingerprint density at radius 3 is 2.14 bits per heavy atom. The lowest BCUT2D eigenvalue weighted by atomic mass is 10.1. The molecular weight excluding hydrogens is 312 g/mol. The fourth-order valence-electron chi connectivity index (χ4n) is 3.04. The highest BCUT2D eigenvalue weighted by atomic mass is 32.2. The van der Waals surface area contributed by atoms with E-state index in [1.807, 2.05) is 0 Å². The average Bonchev–Trinajstić information content (AvgIpc) is 2.54. The molecule has 132 valence electrons. The van der Waals surface area contributed by atoms with Crippen LogP contribution in [0.5, 0.6) is 0 Å². The van der Waals surface area contributed by atoms with Crippen molar-refractivity contribution in [3.05, 3.63) is 0 Å². The molecule has 0 aromatic carbocycles. The summed E-state index contributed by atoms with van der Waals surface area (Å²) in [6.45, 7) is 3.63. The van der Waals surface area contributed by atoms with Gasteiger partial charge < -0.3 is 9.47 Å². The number of thioether (sulfide) groups is 2. The molecule has 4 heteroatoms. The van der Waals surface area contributed by atoms with Crippen LogP contribution in [0.2, 0.25) is 0 Å². The van der Waals surface area contributed by atoms with E-state index >= 15 is 0 Å². The summed E-state index contributed by atoms with van der Waals surface area (Å²) in [6, 6.07) is 0. The van der Waals surface area contributed by atoms with Crippen LogP contribution in [0, 0.1) is 0 Å². The second kappa shape index (κ2) is 14.0. The van der Waals surface area contributed by atoms with Gasteiger partial charge in [0.15, 0.2) is 0 Å². The molecule has 22 heavy (non-hydrogen) atoms. The lowest BCUT2D eigenvalue weighted by Crippen LogP contribution is -2.24. The van der Waals surface area contributed by atoms with Crippen LogP contribution in [-0.2, 0) is 9.47 Å². The summed E-state index contributed by atoms with van der Waals surface area (Å²) >= 11 is 4.51. The van der Waals surface area contributed by atoms with Gasteiger partial charge in [0.25, 0.3) is 0 Å². The van der Waals surface area contributed by atoms with Crippen LogP contribution in [0.25, 0.3) is 0 Å². The Morgan fingerprint density at radius 1 is 0.864 bits per heavy atom. The van der Waals surface area contributed by atoms with Gasteiger partial charge in [-0.2, -0.15) is 0 Å². The number of unbranched alkanes of at least 4 members (excludes halogenated alkanes) is 6. The van der Waals surface area contributed by atoms with Gasteiger partial charge >= 0.3 is 0 Å². The van der Waals surface area contributed by atoms with Crippen molar-refractivity contribution in [3.8, 4) is 0 Å². The van der Waals surface area contributed by atoms with Crippen LogP contribution < -0.4 is 0 Å². The third-order valence-corrected chi connectivity index (χ3v) is 7.76. The van der Waals surface area contributed by atoms with E-state index in [1.165, 1.54) is 82.1 Å².